The van der Waals surface area contributed by atoms with Crippen molar-refractivity contribution in [1.29, 1.82) is 0 Å². The fourth-order valence-electron chi connectivity index (χ4n) is 2.87. The summed E-state index contributed by atoms with van der Waals surface area (Å²) in [5.74, 6) is 3.00. The van der Waals surface area contributed by atoms with Crippen LogP contribution in [0.1, 0.15) is 6.92 Å². The third kappa shape index (κ3) is 2.94. The molecule has 0 radical (unpaired) electrons. The minimum Gasteiger partial charge on any atom is -0.493 e. The highest BCUT2D eigenvalue weighted by Crippen LogP contribution is 2.43. The minimum atomic E-state index is 0.531. The van der Waals surface area contributed by atoms with Crippen molar-refractivity contribution in [3.05, 3.63) is 24.3 Å². The molecule has 3 aromatic rings. The predicted molar refractivity (Wildman–Crippen MR) is 99.2 cm³/mol. The van der Waals surface area contributed by atoms with E-state index >= 15 is 0 Å². The third-order valence-corrected chi connectivity index (χ3v) is 4.12. The van der Waals surface area contributed by atoms with Crippen LogP contribution >= 0.6 is 0 Å². The third-order valence-electron chi connectivity index (χ3n) is 4.12. The summed E-state index contributed by atoms with van der Waals surface area (Å²) in [5, 5.41) is 8.29. The molecule has 0 fully saturated rings. The zero-order chi connectivity index (χ0) is 18.7. The molecule has 8 heteroatoms. The van der Waals surface area contributed by atoms with Gasteiger partial charge < -0.3 is 23.8 Å². The Hall–Kier alpha value is -3.16. The molecule has 8 nitrogen and oxygen atoms in total. The fourth-order valence-corrected chi connectivity index (χ4v) is 2.87. The molecule has 0 aliphatic carbocycles. The van der Waals surface area contributed by atoms with E-state index in [0.717, 1.165) is 16.9 Å². The summed E-state index contributed by atoms with van der Waals surface area (Å²) < 4.78 is 21.5. The SMILES string of the molecule is CCN(c1cc(OC)c(OC)c(OC)c1)c1n[nH]c2nc(OC)ccc12. The number of H-pyrrole nitrogens is 1. The van der Waals surface area contributed by atoms with Gasteiger partial charge in [0.1, 0.15) is 0 Å². The molecule has 0 saturated heterocycles. The van der Waals surface area contributed by atoms with Crippen LogP contribution in [0.25, 0.3) is 11.0 Å². The van der Waals surface area contributed by atoms with Crippen LogP contribution in [0, 0.1) is 0 Å². The molecule has 0 bridgehead atoms. The van der Waals surface area contributed by atoms with Gasteiger partial charge in [-0.15, -0.1) is 0 Å². The van der Waals surface area contributed by atoms with Crippen LogP contribution in [0.5, 0.6) is 23.1 Å². The lowest BCUT2D eigenvalue weighted by Gasteiger charge is -2.23. The number of anilines is 2. The second kappa shape index (κ2) is 7.38. The van der Waals surface area contributed by atoms with Crippen LogP contribution in [0.3, 0.4) is 0 Å². The van der Waals surface area contributed by atoms with Gasteiger partial charge in [-0.25, -0.2) is 0 Å². The van der Waals surface area contributed by atoms with E-state index in [1.165, 1.54) is 0 Å². The van der Waals surface area contributed by atoms with Crippen molar-refractivity contribution in [3.63, 3.8) is 0 Å². The molecule has 1 aromatic carbocycles. The van der Waals surface area contributed by atoms with Gasteiger partial charge in [-0.05, 0) is 13.0 Å². The number of fused-ring (bicyclic) bond motifs is 1. The summed E-state index contributed by atoms with van der Waals surface area (Å²) in [6, 6.07) is 7.52. The van der Waals surface area contributed by atoms with E-state index in [4.69, 9.17) is 18.9 Å². The van der Waals surface area contributed by atoms with Crippen molar-refractivity contribution in [1.82, 2.24) is 15.2 Å². The zero-order valence-electron chi connectivity index (χ0n) is 15.5. The summed E-state index contributed by atoms with van der Waals surface area (Å²) in [5.41, 5.74) is 1.52. The first kappa shape index (κ1) is 17.7. The van der Waals surface area contributed by atoms with Gasteiger partial charge in [0.05, 0.1) is 39.5 Å². The van der Waals surface area contributed by atoms with Crippen molar-refractivity contribution in [2.24, 2.45) is 0 Å². The lowest BCUT2D eigenvalue weighted by Crippen LogP contribution is -2.17. The maximum absolute atomic E-state index is 5.46. The molecule has 0 unspecified atom stereocenters. The van der Waals surface area contributed by atoms with Crippen molar-refractivity contribution in [3.8, 4) is 23.1 Å². The average Bonchev–Trinajstić information content (AvgIpc) is 3.10. The number of pyridine rings is 1. The zero-order valence-corrected chi connectivity index (χ0v) is 15.5. The Morgan fingerprint density at radius 1 is 0.962 bits per heavy atom. The van der Waals surface area contributed by atoms with Crippen molar-refractivity contribution >= 4 is 22.5 Å². The highest BCUT2D eigenvalue weighted by atomic mass is 16.5. The number of rotatable bonds is 7. The number of aromatic nitrogens is 3. The maximum Gasteiger partial charge on any atom is 0.214 e. The van der Waals surface area contributed by atoms with Crippen molar-refractivity contribution < 1.29 is 18.9 Å². The van der Waals surface area contributed by atoms with E-state index < -0.39 is 0 Å². The Morgan fingerprint density at radius 3 is 2.19 bits per heavy atom. The molecule has 2 heterocycles. The van der Waals surface area contributed by atoms with Gasteiger partial charge in [-0.2, -0.15) is 10.1 Å². The Labute approximate surface area is 151 Å². The number of nitrogens with one attached hydrogen (secondary N) is 1. The number of aromatic amines is 1. The first-order chi connectivity index (χ1) is 12.7. The number of methoxy groups -OCH3 is 4. The lowest BCUT2D eigenvalue weighted by molar-refractivity contribution is 0.324. The second-order valence-electron chi connectivity index (χ2n) is 5.42. The molecule has 0 aliphatic heterocycles. The van der Waals surface area contributed by atoms with E-state index in [9.17, 15) is 0 Å². The molecule has 0 aliphatic rings. The van der Waals surface area contributed by atoms with E-state index in [0.29, 0.717) is 35.3 Å². The van der Waals surface area contributed by atoms with Gasteiger partial charge in [0.25, 0.3) is 0 Å². The molecule has 0 amide bonds. The Morgan fingerprint density at radius 2 is 1.65 bits per heavy atom. The first-order valence-corrected chi connectivity index (χ1v) is 8.13. The molecule has 3 rings (SSSR count). The normalized spacial score (nSPS) is 10.7. The van der Waals surface area contributed by atoms with E-state index in [-0.39, 0.29) is 0 Å². The van der Waals surface area contributed by atoms with Gasteiger partial charge in [0, 0.05) is 24.7 Å². The quantitative estimate of drug-likeness (QED) is 0.695. The summed E-state index contributed by atoms with van der Waals surface area (Å²) in [6.45, 7) is 2.73. The van der Waals surface area contributed by atoms with Crippen molar-refractivity contribution in [2.45, 2.75) is 6.92 Å². The Bertz CT molecular complexity index is 884. The van der Waals surface area contributed by atoms with Gasteiger partial charge >= 0.3 is 0 Å². The summed E-state index contributed by atoms with van der Waals surface area (Å²) in [7, 11) is 6.35. The smallest absolute Gasteiger partial charge is 0.214 e. The molecule has 0 atom stereocenters. The summed E-state index contributed by atoms with van der Waals surface area (Å²) in [6.07, 6.45) is 0. The highest BCUT2D eigenvalue weighted by Gasteiger charge is 2.20. The van der Waals surface area contributed by atoms with Crippen LogP contribution in [0.4, 0.5) is 11.5 Å². The van der Waals surface area contributed by atoms with E-state index in [1.807, 2.05) is 36.1 Å². The van der Waals surface area contributed by atoms with E-state index in [1.54, 1.807) is 28.4 Å². The predicted octanol–water partition coefficient (Wildman–Crippen LogP) is 3.15. The molecular weight excluding hydrogens is 336 g/mol. The van der Waals surface area contributed by atoms with E-state index in [2.05, 4.69) is 15.2 Å². The van der Waals surface area contributed by atoms with Crippen molar-refractivity contribution in [2.75, 3.05) is 39.9 Å². The molecule has 1 N–H and O–H groups in total. The molecule has 0 spiro atoms. The van der Waals surface area contributed by atoms with Gasteiger partial charge in [-0.3, -0.25) is 5.10 Å². The van der Waals surface area contributed by atoms with Gasteiger partial charge in [0.15, 0.2) is 23.0 Å². The topological polar surface area (TPSA) is 81.7 Å². The molecule has 26 heavy (non-hydrogen) atoms. The van der Waals surface area contributed by atoms with Crippen LogP contribution in [-0.2, 0) is 0 Å². The molecular formula is C18H22N4O4. The number of hydrogen-bond acceptors (Lipinski definition) is 7. The summed E-state index contributed by atoms with van der Waals surface area (Å²) >= 11 is 0. The van der Waals surface area contributed by atoms with Crippen LogP contribution < -0.4 is 23.8 Å². The number of benzene rings is 1. The molecule has 2 aromatic heterocycles. The molecule has 138 valence electrons. The number of nitrogens with zero attached hydrogens (tertiary/aromatic N) is 3. The average molecular weight is 358 g/mol. The standard InChI is InChI=1S/C18H22N4O4/c1-6-22(11-9-13(23-2)16(26-5)14(10-11)24-3)18-12-7-8-15(25-4)19-17(12)20-21-18/h7-10H,6H2,1-5H3,(H,19,20,21). The van der Waals surface area contributed by atoms with Crippen LogP contribution in [0.2, 0.25) is 0 Å². The fraction of sp³-hybridized carbons (Fsp3) is 0.333. The second-order valence-corrected chi connectivity index (χ2v) is 5.42. The maximum atomic E-state index is 5.46. The Balaban J connectivity index is 2.12. The highest BCUT2D eigenvalue weighted by molar-refractivity contribution is 5.90. The Kier molecular flexibility index (Phi) is 5.01. The minimum absolute atomic E-state index is 0.531. The number of hydrogen-bond donors (Lipinski definition) is 1. The number of ether oxygens (including phenoxy) is 4. The molecule has 0 saturated carbocycles. The van der Waals surface area contributed by atoms with Crippen LogP contribution in [0.15, 0.2) is 24.3 Å². The largest absolute Gasteiger partial charge is 0.493 e. The van der Waals surface area contributed by atoms with Gasteiger partial charge in [-0.1, -0.05) is 0 Å². The first-order valence-electron chi connectivity index (χ1n) is 8.13. The monoisotopic (exact) mass is 358 g/mol. The van der Waals surface area contributed by atoms with Gasteiger partial charge in [0.2, 0.25) is 11.6 Å². The van der Waals surface area contributed by atoms with Crippen LogP contribution in [-0.4, -0.2) is 50.2 Å². The lowest BCUT2D eigenvalue weighted by atomic mass is 10.2. The summed E-state index contributed by atoms with van der Waals surface area (Å²) in [4.78, 5) is 6.42.